The van der Waals surface area contributed by atoms with E-state index in [2.05, 4.69) is 15.2 Å². The maximum Gasteiger partial charge on any atom is 0.408 e. The van der Waals surface area contributed by atoms with Gasteiger partial charge in [0, 0.05) is 0 Å². The van der Waals surface area contributed by atoms with Crippen molar-refractivity contribution in [2.45, 2.75) is 13.5 Å². The fourth-order valence-electron chi connectivity index (χ4n) is 1.98. The predicted molar refractivity (Wildman–Crippen MR) is 85.0 cm³/mol. The largest absolute Gasteiger partial charge is 0.465 e. The molecule has 1 heterocycles. The summed E-state index contributed by atoms with van der Waals surface area (Å²) in [6.45, 7) is 1.22. The van der Waals surface area contributed by atoms with Gasteiger partial charge in [-0.3, -0.25) is 4.79 Å². The lowest BCUT2D eigenvalue weighted by molar-refractivity contribution is -0.389. The van der Waals surface area contributed by atoms with Crippen molar-refractivity contribution in [1.82, 2.24) is 9.78 Å². The van der Waals surface area contributed by atoms with Crippen LogP contribution < -0.4 is 5.32 Å². The lowest BCUT2D eigenvalue weighted by atomic mass is 10.2. The molecule has 0 spiro atoms. The molecular weight excluding hydrogens is 340 g/mol. The van der Waals surface area contributed by atoms with Gasteiger partial charge >= 0.3 is 11.8 Å². The van der Waals surface area contributed by atoms with E-state index in [1.165, 1.54) is 26.2 Å². The quantitative estimate of drug-likeness (QED) is 0.500. The minimum absolute atomic E-state index is 0.122. The molecular formula is C14H13ClN4O5. The van der Waals surface area contributed by atoms with Crippen LogP contribution in [0.3, 0.4) is 0 Å². The van der Waals surface area contributed by atoms with Crippen LogP contribution in [0, 0.1) is 17.0 Å². The number of halogens is 1. The van der Waals surface area contributed by atoms with Crippen LogP contribution in [0.4, 0.5) is 11.5 Å². The zero-order chi connectivity index (χ0) is 17.9. The Kier molecular flexibility index (Phi) is 5.14. The molecule has 0 atom stereocenters. The summed E-state index contributed by atoms with van der Waals surface area (Å²) >= 11 is 5.82. The second kappa shape index (κ2) is 7.09. The van der Waals surface area contributed by atoms with Gasteiger partial charge in [0.25, 0.3) is 0 Å². The number of rotatable bonds is 5. The first kappa shape index (κ1) is 17.4. The predicted octanol–water partition coefficient (Wildman–Crippen LogP) is 2.18. The molecule has 1 aromatic carbocycles. The number of methoxy groups -OCH3 is 1. The molecule has 0 aliphatic rings. The van der Waals surface area contributed by atoms with E-state index in [4.69, 9.17) is 11.6 Å². The summed E-state index contributed by atoms with van der Waals surface area (Å²) in [4.78, 5) is 33.9. The molecule has 0 saturated heterocycles. The monoisotopic (exact) mass is 352 g/mol. The molecule has 2 aromatic rings. The third-order valence-electron chi connectivity index (χ3n) is 3.19. The van der Waals surface area contributed by atoms with Crippen molar-refractivity contribution in [3.8, 4) is 0 Å². The first-order chi connectivity index (χ1) is 11.3. The standard InChI is InChI=1S/C14H13ClN4O5/c1-8-12(15)13(19(22)23)17-18(8)7-11(20)16-10-6-4-3-5-9(10)14(21)24-2/h3-6H,7H2,1-2H3,(H,16,20). The third kappa shape index (κ3) is 3.51. The summed E-state index contributed by atoms with van der Waals surface area (Å²) in [7, 11) is 1.23. The van der Waals surface area contributed by atoms with Crippen molar-refractivity contribution in [3.05, 3.63) is 50.7 Å². The lowest BCUT2D eigenvalue weighted by Gasteiger charge is -2.09. The van der Waals surface area contributed by atoms with Crippen LogP contribution in [-0.4, -0.2) is 33.7 Å². The van der Waals surface area contributed by atoms with Crippen LogP contribution in [0.25, 0.3) is 0 Å². The lowest BCUT2D eigenvalue weighted by Crippen LogP contribution is -2.21. The molecule has 0 saturated carbocycles. The molecule has 1 N–H and O–H groups in total. The second-order valence-electron chi connectivity index (χ2n) is 4.72. The van der Waals surface area contributed by atoms with E-state index in [1.54, 1.807) is 12.1 Å². The van der Waals surface area contributed by atoms with Crippen LogP contribution in [0.5, 0.6) is 0 Å². The summed E-state index contributed by atoms with van der Waals surface area (Å²) in [6, 6.07) is 6.31. The van der Waals surface area contributed by atoms with Gasteiger partial charge in [0.1, 0.15) is 6.54 Å². The zero-order valence-electron chi connectivity index (χ0n) is 12.8. The Morgan fingerprint density at radius 1 is 1.42 bits per heavy atom. The van der Waals surface area contributed by atoms with Crippen LogP contribution in [0.1, 0.15) is 16.1 Å². The molecule has 2 rings (SSSR count). The minimum Gasteiger partial charge on any atom is -0.465 e. The molecule has 0 bridgehead atoms. The SMILES string of the molecule is COC(=O)c1ccccc1NC(=O)Cn1nc([N+](=O)[O-])c(Cl)c1C. The van der Waals surface area contributed by atoms with Gasteiger partial charge in [0.05, 0.1) is 29.2 Å². The second-order valence-corrected chi connectivity index (χ2v) is 5.10. The molecule has 1 aromatic heterocycles. The molecule has 126 valence electrons. The molecule has 0 radical (unpaired) electrons. The fourth-order valence-corrected chi connectivity index (χ4v) is 2.19. The van der Waals surface area contributed by atoms with Crippen LogP contribution >= 0.6 is 11.6 Å². The number of carbonyl (C=O) groups excluding carboxylic acids is 2. The first-order valence-electron chi connectivity index (χ1n) is 6.69. The molecule has 0 aliphatic heterocycles. The number of ether oxygens (including phenoxy) is 1. The molecule has 0 fully saturated rings. The average molecular weight is 353 g/mol. The van der Waals surface area contributed by atoms with Gasteiger partial charge in [-0.15, -0.1) is 0 Å². The van der Waals surface area contributed by atoms with Gasteiger partial charge in [0.2, 0.25) is 5.91 Å². The minimum atomic E-state index is -0.726. The van der Waals surface area contributed by atoms with Gasteiger partial charge in [0.15, 0.2) is 5.02 Å². The van der Waals surface area contributed by atoms with E-state index in [-0.39, 0.29) is 22.8 Å². The highest BCUT2D eigenvalue weighted by Crippen LogP contribution is 2.26. The fraction of sp³-hybridized carbons (Fsp3) is 0.214. The number of amides is 1. The van der Waals surface area contributed by atoms with Crippen LogP contribution in [0.15, 0.2) is 24.3 Å². The highest BCUT2D eigenvalue weighted by Gasteiger charge is 2.25. The van der Waals surface area contributed by atoms with Gasteiger partial charge in [-0.2, -0.15) is 4.68 Å². The van der Waals surface area contributed by atoms with Crippen molar-refractivity contribution in [2.75, 3.05) is 12.4 Å². The van der Waals surface area contributed by atoms with Crippen molar-refractivity contribution in [1.29, 1.82) is 0 Å². The van der Waals surface area contributed by atoms with Crippen molar-refractivity contribution in [3.63, 3.8) is 0 Å². The number of nitrogens with one attached hydrogen (secondary N) is 1. The summed E-state index contributed by atoms with van der Waals surface area (Å²) in [6.07, 6.45) is 0. The Labute approximate surface area is 141 Å². The van der Waals surface area contributed by atoms with Crippen LogP contribution in [0.2, 0.25) is 5.02 Å². The first-order valence-corrected chi connectivity index (χ1v) is 7.07. The number of anilines is 1. The normalized spacial score (nSPS) is 10.3. The number of hydrogen-bond donors (Lipinski definition) is 1. The van der Waals surface area contributed by atoms with Gasteiger partial charge < -0.3 is 20.2 Å². The smallest absolute Gasteiger partial charge is 0.408 e. The average Bonchev–Trinajstić information content (AvgIpc) is 2.83. The Morgan fingerprint density at radius 2 is 2.08 bits per heavy atom. The number of aromatic nitrogens is 2. The summed E-state index contributed by atoms with van der Waals surface area (Å²) in [5.74, 6) is -1.64. The van der Waals surface area contributed by atoms with E-state index in [1.807, 2.05) is 0 Å². The molecule has 0 aliphatic carbocycles. The Morgan fingerprint density at radius 3 is 2.67 bits per heavy atom. The molecule has 0 unspecified atom stereocenters. The Bertz CT molecular complexity index is 817. The van der Waals surface area contributed by atoms with Gasteiger partial charge in [-0.1, -0.05) is 23.7 Å². The van der Waals surface area contributed by atoms with E-state index in [0.29, 0.717) is 5.69 Å². The number of carbonyl (C=O) groups is 2. The number of esters is 1. The van der Waals surface area contributed by atoms with E-state index in [9.17, 15) is 19.7 Å². The van der Waals surface area contributed by atoms with E-state index >= 15 is 0 Å². The molecule has 10 heteroatoms. The molecule has 1 amide bonds. The maximum absolute atomic E-state index is 12.2. The summed E-state index contributed by atoms with van der Waals surface area (Å²) in [5.41, 5.74) is 0.745. The number of para-hydroxylation sites is 1. The zero-order valence-corrected chi connectivity index (χ0v) is 13.5. The van der Waals surface area contributed by atoms with E-state index in [0.717, 1.165) is 4.68 Å². The number of benzene rings is 1. The third-order valence-corrected chi connectivity index (χ3v) is 3.63. The highest BCUT2D eigenvalue weighted by molar-refractivity contribution is 6.33. The Hall–Kier alpha value is -2.94. The van der Waals surface area contributed by atoms with Gasteiger partial charge in [-0.05, 0) is 24.0 Å². The van der Waals surface area contributed by atoms with Crippen molar-refractivity contribution < 1.29 is 19.2 Å². The topological polar surface area (TPSA) is 116 Å². The van der Waals surface area contributed by atoms with Crippen LogP contribution in [-0.2, 0) is 16.1 Å². The summed E-state index contributed by atoms with van der Waals surface area (Å²) in [5, 5.41) is 16.9. The number of nitro groups is 1. The Balaban J connectivity index is 2.20. The summed E-state index contributed by atoms with van der Waals surface area (Å²) < 4.78 is 5.76. The van der Waals surface area contributed by atoms with E-state index < -0.39 is 22.6 Å². The van der Waals surface area contributed by atoms with Gasteiger partial charge in [-0.25, -0.2) is 4.79 Å². The maximum atomic E-state index is 12.2. The number of nitrogens with zero attached hydrogens (tertiary/aromatic N) is 3. The van der Waals surface area contributed by atoms with Crippen molar-refractivity contribution >= 4 is 35.0 Å². The molecule has 24 heavy (non-hydrogen) atoms. The highest BCUT2D eigenvalue weighted by atomic mass is 35.5. The molecule has 9 nitrogen and oxygen atoms in total. The number of hydrogen-bond acceptors (Lipinski definition) is 6. The van der Waals surface area contributed by atoms with Crippen molar-refractivity contribution in [2.24, 2.45) is 0 Å².